The molecule has 0 radical (unpaired) electrons. The smallest absolute Gasteiger partial charge is 0.130 e. The van der Waals surface area contributed by atoms with Crippen molar-refractivity contribution in [3.05, 3.63) is 16.7 Å². The molecule has 2 heterocycles. The predicted molar refractivity (Wildman–Crippen MR) is 57.8 cm³/mol. The third-order valence-corrected chi connectivity index (χ3v) is 2.96. The molecule has 3 nitrogen and oxygen atoms in total. The molecule has 0 aromatic carbocycles. The molecule has 0 saturated carbocycles. The molecule has 13 heavy (non-hydrogen) atoms. The van der Waals surface area contributed by atoms with E-state index in [1.807, 2.05) is 6.07 Å². The molecule has 0 unspecified atom stereocenters. The first-order valence-corrected chi connectivity index (χ1v) is 5.22. The van der Waals surface area contributed by atoms with Crippen LogP contribution in [0.25, 0.3) is 0 Å². The number of pyridine rings is 1. The lowest BCUT2D eigenvalue weighted by molar-refractivity contribution is 0.937. The van der Waals surface area contributed by atoms with Crippen molar-refractivity contribution in [2.45, 2.75) is 12.8 Å². The van der Waals surface area contributed by atoms with Crippen LogP contribution in [0.1, 0.15) is 12.8 Å². The van der Waals surface area contributed by atoms with Gasteiger partial charge in [0.1, 0.15) is 5.82 Å². The molecule has 0 aliphatic carbocycles. The molecule has 2 N–H and O–H groups in total. The molecule has 4 heteroatoms. The van der Waals surface area contributed by atoms with Crippen LogP contribution in [0.3, 0.4) is 0 Å². The molecule has 70 valence electrons. The van der Waals surface area contributed by atoms with Gasteiger partial charge in [0.05, 0.1) is 10.2 Å². The van der Waals surface area contributed by atoms with Crippen LogP contribution in [0.2, 0.25) is 0 Å². The molecular formula is C9H12BrN3. The maximum absolute atomic E-state index is 5.77. The van der Waals surface area contributed by atoms with E-state index in [9.17, 15) is 0 Å². The minimum Gasteiger partial charge on any atom is -0.398 e. The topological polar surface area (TPSA) is 42.1 Å². The summed E-state index contributed by atoms with van der Waals surface area (Å²) >= 11 is 3.33. The fourth-order valence-corrected chi connectivity index (χ4v) is 1.78. The zero-order chi connectivity index (χ0) is 9.26. The summed E-state index contributed by atoms with van der Waals surface area (Å²) in [7, 11) is 0. The second kappa shape index (κ2) is 3.54. The van der Waals surface area contributed by atoms with Crippen molar-refractivity contribution in [1.82, 2.24) is 4.98 Å². The zero-order valence-electron chi connectivity index (χ0n) is 7.33. The van der Waals surface area contributed by atoms with E-state index in [2.05, 4.69) is 25.8 Å². The van der Waals surface area contributed by atoms with Crippen molar-refractivity contribution in [1.29, 1.82) is 0 Å². The standard InChI is InChI=1S/C9H12BrN3/c10-7-6-12-9(5-8(7)11)13-3-1-2-4-13/h5-6H,1-4H2,(H2,11,12). The Morgan fingerprint density at radius 2 is 2.08 bits per heavy atom. The minimum atomic E-state index is 0.761. The second-order valence-corrected chi connectivity index (χ2v) is 4.11. The first-order chi connectivity index (χ1) is 6.27. The third-order valence-electron chi connectivity index (χ3n) is 2.30. The van der Waals surface area contributed by atoms with Gasteiger partial charge in [-0.25, -0.2) is 4.98 Å². The van der Waals surface area contributed by atoms with E-state index in [0.717, 1.165) is 29.1 Å². The number of nitrogen functional groups attached to an aromatic ring is 1. The predicted octanol–water partition coefficient (Wildman–Crippen LogP) is 2.03. The average molecular weight is 242 g/mol. The van der Waals surface area contributed by atoms with Gasteiger partial charge in [-0.3, -0.25) is 0 Å². The van der Waals surface area contributed by atoms with Crippen LogP contribution in [-0.4, -0.2) is 18.1 Å². The molecule has 2 rings (SSSR count). The first kappa shape index (κ1) is 8.81. The second-order valence-electron chi connectivity index (χ2n) is 3.26. The molecular weight excluding hydrogens is 230 g/mol. The Balaban J connectivity index is 2.25. The van der Waals surface area contributed by atoms with Crippen molar-refractivity contribution in [2.75, 3.05) is 23.7 Å². The van der Waals surface area contributed by atoms with Crippen molar-refractivity contribution in [3.63, 3.8) is 0 Å². The lowest BCUT2D eigenvalue weighted by Crippen LogP contribution is -2.18. The van der Waals surface area contributed by atoms with Crippen LogP contribution in [-0.2, 0) is 0 Å². The monoisotopic (exact) mass is 241 g/mol. The molecule has 0 spiro atoms. The lowest BCUT2D eigenvalue weighted by atomic mass is 10.4. The van der Waals surface area contributed by atoms with Crippen LogP contribution in [0, 0.1) is 0 Å². The lowest BCUT2D eigenvalue weighted by Gasteiger charge is -2.16. The largest absolute Gasteiger partial charge is 0.398 e. The SMILES string of the molecule is Nc1cc(N2CCCC2)ncc1Br. The number of halogens is 1. The molecule has 1 aromatic rings. The fourth-order valence-electron chi connectivity index (χ4n) is 1.56. The van der Waals surface area contributed by atoms with Crippen LogP contribution in [0.15, 0.2) is 16.7 Å². The number of aromatic nitrogens is 1. The van der Waals surface area contributed by atoms with Crippen molar-refractivity contribution in [2.24, 2.45) is 0 Å². The maximum Gasteiger partial charge on any atom is 0.130 e. The van der Waals surface area contributed by atoms with Gasteiger partial charge in [0.25, 0.3) is 0 Å². The van der Waals surface area contributed by atoms with Gasteiger partial charge in [0.2, 0.25) is 0 Å². The summed E-state index contributed by atoms with van der Waals surface area (Å²) in [6.07, 6.45) is 4.29. The summed E-state index contributed by atoms with van der Waals surface area (Å²) in [5.74, 6) is 0.998. The average Bonchev–Trinajstić information content (AvgIpc) is 2.62. The first-order valence-electron chi connectivity index (χ1n) is 4.43. The molecule has 1 saturated heterocycles. The quantitative estimate of drug-likeness (QED) is 0.819. The van der Waals surface area contributed by atoms with Gasteiger partial charge in [-0.2, -0.15) is 0 Å². The summed E-state index contributed by atoms with van der Waals surface area (Å²) in [5, 5.41) is 0. The molecule has 1 aliphatic rings. The number of hydrogen-bond acceptors (Lipinski definition) is 3. The van der Waals surface area contributed by atoms with E-state index >= 15 is 0 Å². The third kappa shape index (κ3) is 1.77. The van der Waals surface area contributed by atoms with E-state index in [0.29, 0.717) is 0 Å². The molecule has 0 atom stereocenters. The van der Waals surface area contributed by atoms with Crippen LogP contribution < -0.4 is 10.6 Å². The molecule has 0 amide bonds. The summed E-state index contributed by atoms with van der Waals surface area (Å²) in [6.45, 7) is 2.21. The highest BCUT2D eigenvalue weighted by molar-refractivity contribution is 9.10. The highest BCUT2D eigenvalue weighted by atomic mass is 79.9. The van der Waals surface area contributed by atoms with Crippen molar-refractivity contribution < 1.29 is 0 Å². The number of nitrogens with zero attached hydrogens (tertiary/aromatic N) is 2. The Kier molecular flexibility index (Phi) is 2.40. The molecule has 0 bridgehead atoms. The minimum absolute atomic E-state index is 0.761. The summed E-state index contributed by atoms with van der Waals surface area (Å²) < 4.78 is 0.871. The summed E-state index contributed by atoms with van der Waals surface area (Å²) in [6, 6.07) is 1.93. The van der Waals surface area contributed by atoms with Crippen LogP contribution in [0.5, 0.6) is 0 Å². The van der Waals surface area contributed by atoms with E-state index in [4.69, 9.17) is 5.73 Å². The van der Waals surface area contributed by atoms with Gasteiger partial charge in [-0.1, -0.05) is 0 Å². The molecule has 1 fully saturated rings. The van der Waals surface area contributed by atoms with Gasteiger partial charge < -0.3 is 10.6 Å². The Hall–Kier alpha value is -0.770. The Bertz CT molecular complexity index is 308. The molecule has 1 aliphatic heterocycles. The van der Waals surface area contributed by atoms with E-state index < -0.39 is 0 Å². The highest BCUT2D eigenvalue weighted by Crippen LogP contribution is 2.24. The van der Waals surface area contributed by atoms with Crippen molar-refractivity contribution in [3.8, 4) is 0 Å². The van der Waals surface area contributed by atoms with Gasteiger partial charge in [0.15, 0.2) is 0 Å². The fraction of sp³-hybridized carbons (Fsp3) is 0.444. The molecule has 1 aromatic heterocycles. The van der Waals surface area contributed by atoms with Gasteiger partial charge in [-0.15, -0.1) is 0 Å². The van der Waals surface area contributed by atoms with Gasteiger partial charge in [-0.05, 0) is 28.8 Å². The highest BCUT2D eigenvalue weighted by Gasteiger charge is 2.13. The van der Waals surface area contributed by atoms with Gasteiger partial charge >= 0.3 is 0 Å². The van der Waals surface area contributed by atoms with E-state index in [1.165, 1.54) is 12.8 Å². The number of hydrogen-bond donors (Lipinski definition) is 1. The summed E-state index contributed by atoms with van der Waals surface area (Å²) in [5.41, 5.74) is 6.54. The Morgan fingerprint density at radius 1 is 1.38 bits per heavy atom. The van der Waals surface area contributed by atoms with Gasteiger partial charge in [0, 0.05) is 25.4 Å². The summed E-state index contributed by atoms with van der Waals surface area (Å²) in [4.78, 5) is 6.59. The van der Waals surface area contributed by atoms with E-state index in [-0.39, 0.29) is 0 Å². The van der Waals surface area contributed by atoms with Crippen LogP contribution >= 0.6 is 15.9 Å². The Labute approximate surface area is 86.1 Å². The van der Waals surface area contributed by atoms with E-state index in [1.54, 1.807) is 6.20 Å². The van der Waals surface area contributed by atoms with Crippen LogP contribution in [0.4, 0.5) is 11.5 Å². The number of anilines is 2. The normalized spacial score (nSPS) is 16.5. The van der Waals surface area contributed by atoms with Crippen molar-refractivity contribution >= 4 is 27.4 Å². The Morgan fingerprint density at radius 3 is 2.69 bits per heavy atom. The zero-order valence-corrected chi connectivity index (χ0v) is 8.92. The number of nitrogens with two attached hydrogens (primary N) is 1. The maximum atomic E-state index is 5.77. The number of rotatable bonds is 1.